The van der Waals surface area contributed by atoms with Gasteiger partial charge in [0.05, 0.1) is 5.69 Å². The van der Waals surface area contributed by atoms with Gasteiger partial charge in [0, 0.05) is 0 Å². The summed E-state index contributed by atoms with van der Waals surface area (Å²) in [4.78, 5) is 22.5. The van der Waals surface area contributed by atoms with Crippen molar-refractivity contribution in [2.75, 3.05) is 5.32 Å². The van der Waals surface area contributed by atoms with Crippen molar-refractivity contribution in [2.45, 2.75) is 6.61 Å². The Morgan fingerprint density at radius 2 is 1.76 bits per heavy atom. The lowest BCUT2D eigenvalue weighted by Gasteiger charge is -2.09. The van der Waals surface area contributed by atoms with E-state index >= 15 is 0 Å². The number of hydrogen-bond donors (Lipinski definition) is 3. The first-order valence-electron chi connectivity index (χ1n) is 6.11. The molecule has 2 aromatic carbocycles. The fraction of sp³-hybridized carbons (Fsp3) is 0.0667. The molecule has 6 nitrogen and oxygen atoms in total. The molecule has 0 aliphatic rings. The molecule has 6 heteroatoms. The molecule has 0 bridgehead atoms. The molecule has 0 fully saturated rings. The topological polar surface area (TPSA) is 95.9 Å². The van der Waals surface area contributed by atoms with Crippen LogP contribution in [0.4, 0.5) is 10.5 Å². The molecule has 0 heterocycles. The summed E-state index contributed by atoms with van der Waals surface area (Å²) >= 11 is 0. The van der Waals surface area contributed by atoms with Gasteiger partial charge >= 0.3 is 12.1 Å². The number of aromatic carboxylic acids is 1. The van der Waals surface area contributed by atoms with Crippen molar-refractivity contribution < 1.29 is 24.5 Å². The summed E-state index contributed by atoms with van der Waals surface area (Å²) in [5.41, 5.74) is 0.500. The monoisotopic (exact) mass is 287 g/mol. The van der Waals surface area contributed by atoms with Crippen LogP contribution in [0.15, 0.2) is 48.5 Å². The predicted octanol–water partition coefficient (Wildman–Crippen LogP) is 2.84. The van der Waals surface area contributed by atoms with Crippen LogP contribution >= 0.6 is 0 Å². The van der Waals surface area contributed by atoms with Crippen molar-refractivity contribution in [3.63, 3.8) is 0 Å². The molecule has 0 saturated carbocycles. The van der Waals surface area contributed by atoms with Gasteiger partial charge in [0.2, 0.25) is 0 Å². The van der Waals surface area contributed by atoms with Gasteiger partial charge in [-0.2, -0.15) is 0 Å². The normalized spacial score (nSPS) is 9.90. The summed E-state index contributed by atoms with van der Waals surface area (Å²) in [5.74, 6) is -1.80. The Hall–Kier alpha value is -3.02. The number of anilines is 1. The summed E-state index contributed by atoms with van der Waals surface area (Å²) in [6.07, 6.45) is -0.781. The van der Waals surface area contributed by atoms with Gasteiger partial charge in [0.15, 0.2) is 5.75 Å². The lowest BCUT2D eigenvalue weighted by atomic mass is 10.2. The number of phenols is 1. The number of amides is 1. The maximum Gasteiger partial charge on any atom is 0.412 e. The summed E-state index contributed by atoms with van der Waals surface area (Å²) < 4.78 is 4.98. The first kappa shape index (κ1) is 14.4. The van der Waals surface area contributed by atoms with E-state index in [0.29, 0.717) is 0 Å². The van der Waals surface area contributed by atoms with Crippen molar-refractivity contribution in [1.82, 2.24) is 0 Å². The number of carboxylic acids is 1. The third-order valence-electron chi connectivity index (χ3n) is 2.72. The molecular weight excluding hydrogens is 274 g/mol. The zero-order valence-corrected chi connectivity index (χ0v) is 10.9. The lowest BCUT2D eigenvalue weighted by Crippen LogP contribution is -2.14. The van der Waals surface area contributed by atoms with E-state index in [9.17, 15) is 14.7 Å². The van der Waals surface area contributed by atoms with Gasteiger partial charge < -0.3 is 14.9 Å². The van der Waals surface area contributed by atoms with Crippen molar-refractivity contribution in [3.05, 3.63) is 59.7 Å². The van der Waals surface area contributed by atoms with Gasteiger partial charge in [-0.1, -0.05) is 36.4 Å². The molecule has 1 amide bonds. The zero-order valence-electron chi connectivity index (χ0n) is 10.9. The number of hydrogen-bond acceptors (Lipinski definition) is 4. The van der Waals surface area contributed by atoms with E-state index in [1.807, 2.05) is 18.2 Å². The fourth-order valence-electron chi connectivity index (χ4n) is 1.69. The van der Waals surface area contributed by atoms with Crippen molar-refractivity contribution in [2.24, 2.45) is 0 Å². The van der Waals surface area contributed by atoms with Gasteiger partial charge in [-0.15, -0.1) is 0 Å². The van der Waals surface area contributed by atoms with Crippen LogP contribution in [0.3, 0.4) is 0 Å². The Morgan fingerprint density at radius 3 is 2.43 bits per heavy atom. The minimum atomic E-state index is -1.28. The van der Waals surface area contributed by atoms with E-state index in [4.69, 9.17) is 9.84 Å². The number of carbonyl (C=O) groups excluding carboxylic acids is 1. The molecule has 2 aromatic rings. The zero-order chi connectivity index (χ0) is 15.2. The molecular formula is C15H13NO5. The second-order valence-corrected chi connectivity index (χ2v) is 4.19. The number of nitrogens with one attached hydrogen (secondary N) is 1. The number of rotatable bonds is 4. The van der Waals surface area contributed by atoms with E-state index < -0.39 is 17.8 Å². The number of benzene rings is 2. The molecule has 0 atom stereocenters. The first-order valence-corrected chi connectivity index (χ1v) is 6.11. The van der Waals surface area contributed by atoms with E-state index in [2.05, 4.69) is 5.32 Å². The van der Waals surface area contributed by atoms with E-state index in [1.54, 1.807) is 12.1 Å². The fourth-order valence-corrected chi connectivity index (χ4v) is 1.69. The maximum absolute atomic E-state index is 11.6. The molecule has 0 saturated heterocycles. The molecule has 0 radical (unpaired) electrons. The van der Waals surface area contributed by atoms with Gasteiger partial charge in [-0.3, -0.25) is 5.32 Å². The lowest BCUT2D eigenvalue weighted by molar-refractivity contribution is 0.0693. The number of aromatic hydroxyl groups is 1. The number of ether oxygens (including phenoxy) is 1. The quantitative estimate of drug-likeness (QED) is 0.751. The number of carboxylic acid groups (broad SMARTS) is 1. The Labute approximate surface area is 120 Å². The average Bonchev–Trinajstić information content (AvgIpc) is 2.48. The minimum Gasteiger partial charge on any atom is -0.505 e. The van der Waals surface area contributed by atoms with Crippen LogP contribution in [0.5, 0.6) is 5.75 Å². The van der Waals surface area contributed by atoms with Crippen LogP contribution in [-0.4, -0.2) is 22.3 Å². The number of para-hydroxylation sites is 1. The smallest absolute Gasteiger partial charge is 0.412 e. The molecule has 0 aromatic heterocycles. The first-order chi connectivity index (χ1) is 10.1. The minimum absolute atomic E-state index is 0.0204. The summed E-state index contributed by atoms with van der Waals surface area (Å²) in [5, 5.41) is 20.9. The highest BCUT2D eigenvalue weighted by Gasteiger charge is 2.15. The molecule has 108 valence electrons. The summed E-state index contributed by atoms with van der Waals surface area (Å²) in [7, 11) is 0. The van der Waals surface area contributed by atoms with Gasteiger partial charge in [-0.05, 0) is 17.7 Å². The van der Waals surface area contributed by atoms with Crippen LogP contribution in [0, 0.1) is 0 Å². The van der Waals surface area contributed by atoms with Crippen molar-refractivity contribution in [1.29, 1.82) is 0 Å². The Balaban J connectivity index is 2.00. The van der Waals surface area contributed by atoms with E-state index in [0.717, 1.165) is 5.56 Å². The van der Waals surface area contributed by atoms with E-state index in [-0.39, 0.29) is 17.9 Å². The SMILES string of the molecule is O=C(Nc1cccc(C(=O)O)c1O)OCc1ccccc1. The Bertz CT molecular complexity index is 654. The Kier molecular flexibility index (Phi) is 4.40. The van der Waals surface area contributed by atoms with Crippen molar-refractivity contribution >= 4 is 17.7 Å². The van der Waals surface area contributed by atoms with Crippen LogP contribution in [0.1, 0.15) is 15.9 Å². The molecule has 3 N–H and O–H groups in total. The van der Waals surface area contributed by atoms with E-state index in [1.165, 1.54) is 18.2 Å². The molecule has 21 heavy (non-hydrogen) atoms. The third-order valence-corrected chi connectivity index (χ3v) is 2.72. The third kappa shape index (κ3) is 3.73. The summed E-state index contributed by atoms with van der Waals surface area (Å²) in [6.45, 7) is 0.0755. The highest BCUT2D eigenvalue weighted by atomic mass is 16.5. The number of carbonyl (C=O) groups is 2. The second-order valence-electron chi connectivity index (χ2n) is 4.19. The van der Waals surface area contributed by atoms with Crippen LogP contribution in [0.25, 0.3) is 0 Å². The van der Waals surface area contributed by atoms with Crippen molar-refractivity contribution in [3.8, 4) is 5.75 Å². The molecule has 2 rings (SSSR count). The highest BCUT2D eigenvalue weighted by molar-refractivity contribution is 5.96. The maximum atomic E-state index is 11.6. The summed E-state index contributed by atoms with van der Waals surface area (Å²) in [6, 6.07) is 13.1. The average molecular weight is 287 g/mol. The van der Waals surface area contributed by atoms with Crippen LogP contribution < -0.4 is 5.32 Å². The van der Waals surface area contributed by atoms with Gasteiger partial charge in [-0.25, -0.2) is 9.59 Å². The molecule has 0 aliphatic carbocycles. The molecule has 0 aliphatic heterocycles. The largest absolute Gasteiger partial charge is 0.505 e. The standard InChI is InChI=1S/C15H13NO5/c17-13-11(14(18)19)7-4-8-12(13)16-15(20)21-9-10-5-2-1-3-6-10/h1-8,17H,9H2,(H,16,20)(H,18,19). The van der Waals surface area contributed by atoms with Crippen LogP contribution in [0.2, 0.25) is 0 Å². The highest BCUT2D eigenvalue weighted by Crippen LogP contribution is 2.27. The van der Waals surface area contributed by atoms with Crippen LogP contribution in [-0.2, 0) is 11.3 Å². The Morgan fingerprint density at radius 1 is 1.05 bits per heavy atom. The molecule has 0 spiro atoms. The molecule has 0 unspecified atom stereocenters. The second kappa shape index (κ2) is 6.42. The van der Waals surface area contributed by atoms with Gasteiger partial charge in [0.25, 0.3) is 0 Å². The van der Waals surface area contributed by atoms with Gasteiger partial charge in [0.1, 0.15) is 12.2 Å². The predicted molar refractivity (Wildman–Crippen MR) is 75.3 cm³/mol.